The maximum absolute atomic E-state index is 12.8. The minimum Gasteiger partial charge on any atom is -0.369 e. The first-order valence-corrected chi connectivity index (χ1v) is 8.67. The van der Waals surface area contributed by atoms with Crippen molar-refractivity contribution in [1.29, 1.82) is 0 Å². The molecule has 0 spiro atoms. The van der Waals surface area contributed by atoms with E-state index in [1.54, 1.807) is 11.0 Å². The van der Waals surface area contributed by atoms with Crippen LogP contribution in [-0.2, 0) is 11.2 Å². The number of aromatic amines is 1. The second-order valence-corrected chi connectivity index (χ2v) is 6.97. The standard InChI is InChI=1S/C19H24N4O2/c1-3-13-5-7-14(8-6-13)15-11-16(22-21-15)17(24)23-10-4-9-19(2,12-23)18(20)25/h5-8,11H,3-4,9-10,12H2,1-2H3,(H2,20,25)(H,21,22). The molecule has 0 aliphatic carbocycles. The highest BCUT2D eigenvalue weighted by Gasteiger charge is 2.38. The second kappa shape index (κ2) is 6.70. The largest absolute Gasteiger partial charge is 0.369 e. The number of piperidine rings is 1. The van der Waals surface area contributed by atoms with Crippen molar-refractivity contribution in [2.75, 3.05) is 13.1 Å². The number of carbonyl (C=O) groups excluding carboxylic acids is 2. The van der Waals surface area contributed by atoms with E-state index in [2.05, 4.69) is 29.3 Å². The molecule has 1 aliphatic heterocycles. The highest BCUT2D eigenvalue weighted by Crippen LogP contribution is 2.30. The number of nitrogens with zero attached hydrogens (tertiary/aromatic N) is 2. The molecule has 2 heterocycles. The first-order valence-electron chi connectivity index (χ1n) is 8.67. The SMILES string of the molecule is CCc1ccc(-c2cc(C(=O)N3CCCC(C)(C(N)=O)C3)[nH]n2)cc1. The number of nitrogens with two attached hydrogens (primary N) is 1. The summed E-state index contributed by atoms with van der Waals surface area (Å²) in [5.41, 5.74) is 8.24. The van der Waals surface area contributed by atoms with Crippen LogP contribution >= 0.6 is 0 Å². The summed E-state index contributed by atoms with van der Waals surface area (Å²) >= 11 is 0. The highest BCUT2D eigenvalue weighted by atomic mass is 16.2. The predicted octanol–water partition coefficient (Wildman–Crippen LogP) is 2.37. The number of carbonyl (C=O) groups is 2. The Kier molecular flexibility index (Phi) is 4.61. The van der Waals surface area contributed by atoms with E-state index in [4.69, 9.17) is 5.73 Å². The zero-order valence-electron chi connectivity index (χ0n) is 14.7. The fourth-order valence-electron chi connectivity index (χ4n) is 3.27. The van der Waals surface area contributed by atoms with Crippen LogP contribution in [0, 0.1) is 5.41 Å². The number of likely N-dealkylation sites (tertiary alicyclic amines) is 1. The number of hydrogen-bond donors (Lipinski definition) is 2. The van der Waals surface area contributed by atoms with Crippen LogP contribution < -0.4 is 5.73 Å². The molecule has 1 atom stereocenters. The number of rotatable bonds is 4. The summed E-state index contributed by atoms with van der Waals surface area (Å²) in [6, 6.07) is 9.91. The maximum Gasteiger partial charge on any atom is 0.271 e. The van der Waals surface area contributed by atoms with E-state index in [0.717, 1.165) is 24.1 Å². The molecule has 2 amide bonds. The van der Waals surface area contributed by atoms with E-state index in [9.17, 15) is 9.59 Å². The first-order chi connectivity index (χ1) is 11.9. The van der Waals surface area contributed by atoms with Gasteiger partial charge in [-0.3, -0.25) is 14.7 Å². The Morgan fingerprint density at radius 1 is 1.32 bits per heavy atom. The lowest BCUT2D eigenvalue weighted by molar-refractivity contribution is -0.129. The molecule has 132 valence electrons. The summed E-state index contributed by atoms with van der Waals surface area (Å²) in [5.74, 6) is -0.498. The van der Waals surface area contributed by atoms with E-state index in [-0.39, 0.29) is 11.8 Å². The lowest BCUT2D eigenvalue weighted by atomic mass is 9.81. The van der Waals surface area contributed by atoms with Crippen molar-refractivity contribution in [3.8, 4) is 11.3 Å². The lowest BCUT2D eigenvalue weighted by Crippen LogP contribution is -2.50. The Morgan fingerprint density at radius 3 is 2.68 bits per heavy atom. The Balaban J connectivity index is 1.77. The van der Waals surface area contributed by atoms with Gasteiger partial charge in [-0.2, -0.15) is 5.10 Å². The molecule has 1 aliphatic rings. The van der Waals surface area contributed by atoms with Gasteiger partial charge in [0.05, 0.1) is 11.1 Å². The van der Waals surface area contributed by atoms with Gasteiger partial charge in [0.25, 0.3) is 5.91 Å². The van der Waals surface area contributed by atoms with Crippen molar-refractivity contribution in [1.82, 2.24) is 15.1 Å². The number of nitrogens with one attached hydrogen (secondary N) is 1. The molecule has 0 radical (unpaired) electrons. The van der Waals surface area contributed by atoms with Crippen molar-refractivity contribution in [2.45, 2.75) is 33.1 Å². The number of aromatic nitrogens is 2. The van der Waals surface area contributed by atoms with E-state index in [1.165, 1.54) is 5.56 Å². The molecule has 0 saturated carbocycles. The minimum absolute atomic E-state index is 0.142. The van der Waals surface area contributed by atoms with E-state index in [0.29, 0.717) is 25.2 Å². The third kappa shape index (κ3) is 3.43. The van der Waals surface area contributed by atoms with Crippen LogP contribution in [0.1, 0.15) is 42.7 Å². The van der Waals surface area contributed by atoms with Gasteiger partial charge in [0.15, 0.2) is 0 Å². The minimum atomic E-state index is -0.660. The second-order valence-electron chi connectivity index (χ2n) is 6.97. The number of primary amides is 1. The molecule has 1 aromatic carbocycles. The molecular weight excluding hydrogens is 316 g/mol. The number of aryl methyl sites for hydroxylation is 1. The van der Waals surface area contributed by atoms with Crippen LogP contribution in [-0.4, -0.2) is 40.0 Å². The van der Waals surface area contributed by atoms with Gasteiger partial charge in [0.2, 0.25) is 5.91 Å². The lowest BCUT2D eigenvalue weighted by Gasteiger charge is -2.38. The molecular formula is C19H24N4O2. The molecule has 25 heavy (non-hydrogen) atoms. The van der Waals surface area contributed by atoms with Crippen LogP contribution in [0.15, 0.2) is 30.3 Å². The summed E-state index contributed by atoms with van der Waals surface area (Å²) in [6.45, 7) is 4.91. The monoisotopic (exact) mass is 340 g/mol. The zero-order chi connectivity index (χ0) is 18.0. The van der Waals surface area contributed by atoms with Crippen LogP contribution in [0.3, 0.4) is 0 Å². The molecule has 3 rings (SSSR count). The average Bonchev–Trinajstić information content (AvgIpc) is 3.11. The van der Waals surface area contributed by atoms with Crippen LogP contribution in [0.5, 0.6) is 0 Å². The van der Waals surface area contributed by atoms with Gasteiger partial charge < -0.3 is 10.6 Å². The van der Waals surface area contributed by atoms with Crippen molar-refractivity contribution in [2.24, 2.45) is 11.1 Å². The van der Waals surface area contributed by atoms with Gasteiger partial charge in [0, 0.05) is 18.7 Å². The molecule has 1 fully saturated rings. The number of benzene rings is 1. The molecule has 0 bridgehead atoms. The predicted molar refractivity (Wildman–Crippen MR) is 95.8 cm³/mol. The van der Waals surface area contributed by atoms with Gasteiger partial charge in [-0.1, -0.05) is 31.2 Å². The third-order valence-corrected chi connectivity index (χ3v) is 5.04. The summed E-state index contributed by atoms with van der Waals surface area (Å²) in [4.78, 5) is 26.1. The first kappa shape index (κ1) is 17.2. The van der Waals surface area contributed by atoms with Crippen LogP contribution in [0.25, 0.3) is 11.3 Å². The molecule has 6 nitrogen and oxygen atoms in total. The van der Waals surface area contributed by atoms with Gasteiger partial charge >= 0.3 is 0 Å². The van der Waals surface area contributed by atoms with Gasteiger partial charge in [-0.25, -0.2) is 0 Å². The van der Waals surface area contributed by atoms with Crippen molar-refractivity contribution in [3.63, 3.8) is 0 Å². The smallest absolute Gasteiger partial charge is 0.271 e. The van der Waals surface area contributed by atoms with Crippen LogP contribution in [0.2, 0.25) is 0 Å². The van der Waals surface area contributed by atoms with Crippen molar-refractivity contribution >= 4 is 11.8 Å². The van der Waals surface area contributed by atoms with E-state index >= 15 is 0 Å². The Labute approximate surface area is 147 Å². The molecule has 2 aromatic rings. The summed E-state index contributed by atoms with van der Waals surface area (Å²) in [5, 5.41) is 7.09. The van der Waals surface area contributed by atoms with Gasteiger partial charge in [0.1, 0.15) is 5.69 Å². The fraction of sp³-hybridized carbons (Fsp3) is 0.421. The maximum atomic E-state index is 12.8. The molecule has 1 aromatic heterocycles. The molecule has 1 unspecified atom stereocenters. The fourth-order valence-corrected chi connectivity index (χ4v) is 3.27. The summed E-state index contributed by atoms with van der Waals surface area (Å²) in [7, 11) is 0. The molecule has 6 heteroatoms. The Morgan fingerprint density at radius 2 is 2.04 bits per heavy atom. The van der Waals surface area contributed by atoms with Crippen molar-refractivity contribution in [3.05, 3.63) is 41.6 Å². The number of hydrogen-bond acceptors (Lipinski definition) is 3. The normalized spacial score (nSPS) is 20.5. The summed E-state index contributed by atoms with van der Waals surface area (Å²) < 4.78 is 0. The quantitative estimate of drug-likeness (QED) is 0.895. The van der Waals surface area contributed by atoms with Crippen LogP contribution in [0.4, 0.5) is 0 Å². The van der Waals surface area contributed by atoms with Gasteiger partial charge in [-0.05, 0) is 37.8 Å². The highest BCUT2D eigenvalue weighted by molar-refractivity contribution is 5.94. The Hall–Kier alpha value is -2.63. The Bertz CT molecular complexity index is 781. The molecule has 3 N–H and O–H groups in total. The van der Waals surface area contributed by atoms with E-state index in [1.807, 2.05) is 19.1 Å². The number of H-pyrrole nitrogens is 1. The van der Waals surface area contributed by atoms with Crippen molar-refractivity contribution < 1.29 is 9.59 Å². The topological polar surface area (TPSA) is 92.1 Å². The van der Waals surface area contributed by atoms with E-state index < -0.39 is 5.41 Å². The average molecular weight is 340 g/mol. The summed E-state index contributed by atoms with van der Waals surface area (Å²) in [6.07, 6.45) is 2.47. The third-order valence-electron chi connectivity index (χ3n) is 5.04. The zero-order valence-corrected chi connectivity index (χ0v) is 14.7. The van der Waals surface area contributed by atoms with Gasteiger partial charge in [-0.15, -0.1) is 0 Å². The number of amides is 2. The molecule has 1 saturated heterocycles.